The summed E-state index contributed by atoms with van der Waals surface area (Å²) in [6, 6.07) is 9.48. The van der Waals surface area contributed by atoms with Gasteiger partial charge in [-0.25, -0.2) is 4.79 Å². The van der Waals surface area contributed by atoms with E-state index >= 15 is 0 Å². The van der Waals surface area contributed by atoms with Crippen molar-refractivity contribution in [1.82, 2.24) is 0 Å². The van der Waals surface area contributed by atoms with Gasteiger partial charge in [-0.2, -0.15) is 0 Å². The fraction of sp³-hybridized carbons (Fsp3) is 0.235. The molecular weight excluding hydrogens is 346 g/mol. The molecule has 0 heterocycles. The third-order valence-corrected chi connectivity index (χ3v) is 4.24. The summed E-state index contributed by atoms with van der Waals surface area (Å²) in [4.78, 5) is 23.3. The number of nitro groups is 1. The molecule has 0 N–H and O–H groups in total. The number of ether oxygens (including phenoxy) is 3. The van der Waals surface area contributed by atoms with Crippen molar-refractivity contribution in [3.8, 4) is 11.5 Å². The molecule has 0 saturated carbocycles. The Morgan fingerprint density at radius 1 is 1.20 bits per heavy atom. The quantitative estimate of drug-likeness (QED) is 0.321. The number of carbonyl (C=O) groups is 1. The van der Waals surface area contributed by atoms with Gasteiger partial charge in [-0.3, -0.25) is 10.1 Å². The van der Waals surface area contributed by atoms with E-state index in [1.165, 1.54) is 44.2 Å². The second-order valence-electron chi connectivity index (χ2n) is 4.87. The molecule has 0 aliphatic rings. The van der Waals surface area contributed by atoms with Crippen molar-refractivity contribution < 1.29 is 23.9 Å². The molecule has 25 heavy (non-hydrogen) atoms. The van der Waals surface area contributed by atoms with Crippen molar-refractivity contribution in [3.63, 3.8) is 0 Å². The Hall–Kier alpha value is -2.74. The van der Waals surface area contributed by atoms with Gasteiger partial charge in [0.1, 0.15) is 6.61 Å². The first-order valence-corrected chi connectivity index (χ1v) is 8.43. The van der Waals surface area contributed by atoms with Gasteiger partial charge in [-0.05, 0) is 24.5 Å². The number of thioether (sulfide) groups is 1. The summed E-state index contributed by atoms with van der Waals surface area (Å²) in [5.74, 6) is 0.346. The first-order valence-electron chi connectivity index (χ1n) is 7.21. The zero-order chi connectivity index (χ0) is 18.4. The molecule has 0 aromatic heterocycles. The van der Waals surface area contributed by atoms with E-state index in [4.69, 9.17) is 14.2 Å². The Kier molecular flexibility index (Phi) is 6.24. The van der Waals surface area contributed by atoms with Gasteiger partial charge in [-0.1, -0.05) is 12.1 Å². The molecule has 8 heteroatoms. The van der Waals surface area contributed by atoms with Gasteiger partial charge in [0, 0.05) is 11.6 Å². The van der Waals surface area contributed by atoms with Crippen molar-refractivity contribution in [2.75, 3.05) is 20.5 Å². The average molecular weight is 363 g/mol. The SMILES string of the molecule is COc1cccc(COC(=O)c2ccc(SC)c([N+](=O)[O-])c2)c1OC. The first kappa shape index (κ1) is 18.6. The van der Waals surface area contributed by atoms with Crippen molar-refractivity contribution in [1.29, 1.82) is 0 Å². The molecule has 2 rings (SSSR count). The van der Waals surface area contributed by atoms with Crippen molar-refractivity contribution >= 4 is 23.4 Å². The lowest BCUT2D eigenvalue weighted by molar-refractivity contribution is -0.387. The van der Waals surface area contributed by atoms with Gasteiger partial charge in [0.15, 0.2) is 11.5 Å². The van der Waals surface area contributed by atoms with E-state index in [0.717, 1.165) is 0 Å². The van der Waals surface area contributed by atoms with Crippen LogP contribution in [0.15, 0.2) is 41.3 Å². The maximum Gasteiger partial charge on any atom is 0.338 e. The lowest BCUT2D eigenvalue weighted by Gasteiger charge is -2.12. The summed E-state index contributed by atoms with van der Waals surface area (Å²) in [6.45, 7) is -0.0444. The fourth-order valence-electron chi connectivity index (χ4n) is 2.25. The predicted octanol–water partition coefficient (Wildman–Crippen LogP) is 3.69. The molecule has 0 amide bonds. The third kappa shape index (κ3) is 4.21. The molecule has 0 radical (unpaired) electrons. The molecule has 0 aliphatic heterocycles. The number of rotatable bonds is 7. The second-order valence-corrected chi connectivity index (χ2v) is 5.72. The van der Waals surface area contributed by atoms with Crippen LogP contribution in [0.1, 0.15) is 15.9 Å². The predicted molar refractivity (Wildman–Crippen MR) is 93.5 cm³/mol. The summed E-state index contributed by atoms with van der Waals surface area (Å²) in [5.41, 5.74) is 0.623. The van der Waals surface area contributed by atoms with Crippen LogP contribution in [-0.4, -0.2) is 31.4 Å². The molecule has 0 bridgehead atoms. The molecule has 2 aromatic carbocycles. The number of esters is 1. The number of para-hydroxylation sites is 1. The lowest BCUT2D eigenvalue weighted by Crippen LogP contribution is -2.07. The highest BCUT2D eigenvalue weighted by Crippen LogP contribution is 2.32. The molecule has 7 nitrogen and oxygen atoms in total. The Bertz CT molecular complexity index is 793. The summed E-state index contributed by atoms with van der Waals surface area (Å²) in [5, 5.41) is 11.1. The maximum atomic E-state index is 12.2. The number of hydrogen-bond donors (Lipinski definition) is 0. The zero-order valence-corrected chi connectivity index (χ0v) is 14.8. The van der Waals surface area contributed by atoms with Crippen LogP contribution in [0.4, 0.5) is 5.69 Å². The monoisotopic (exact) mass is 363 g/mol. The van der Waals surface area contributed by atoms with E-state index in [1.54, 1.807) is 24.5 Å². The molecule has 0 spiro atoms. The van der Waals surface area contributed by atoms with Crippen LogP contribution >= 0.6 is 11.8 Å². The number of nitrogens with zero attached hydrogens (tertiary/aromatic N) is 1. The molecule has 132 valence electrons. The minimum absolute atomic E-state index is 0.0444. The van der Waals surface area contributed by atoms with Crippen LogP contribution in [0.5, 0.6) is 11.5 Å². The molecule has 2 aromatic rings. The molecule has 0 unspecified atom stereocenters. The van der Waals surface area contributed by atoms with Crippen molar-refractivity contribution in [2.24, 2.45) is 0 Å². The van der Waals surface area contributed by atoms with Gasteiger partial charge in [0.05, 0.1) is 29.6 Å². The van der Waals surface area contributed by atoms with Gasteiger partial charge in [0.25, 0.3) is 5.69 Å². The Morgan fingerprint density at radius 2 is 1.96 bits per heavy atom. The highest BCUT2D eigenvalue weighted by atomic mass is 32.2. The molecule has 0 atom stereocenters. The lowest BCUT2D eigenvalue weighted by atomic mass is 10.2. The number of nitro benzene ring substituents is 1. The van der Waals surface area contributed by atoms with Crippen molar-refractivity contribution in [2.45, 2.75) is 11.5 Å². The van der Waals surface area contributed by atoms with E-state index in [9.17, 15) is 14.9 Å². The Labute approximate surface area is 149 Å². The molecule has 0 saturated heterocycles. The van der Waals surface area contributed by atoms with Crippen LogP contribution in [0.3, 0.4) is 0 Å². The first-order chi connectivity index (χ1) is 12.0. The van der Waals surface area contributed by atoms with Crippen LogP contribution in [0.25, 0.3) is 0 Å². The minimum Gasteiger partial charge on any atom is -0.493 e. The average Bonchev–Trinajstić information content (AvgIpc) is 2.64. The van der Waals surface area contributed by atoms with Crippen LogP contribution < -0.4 is 9.47 Å². The highest BCUT2D eigenvalue weighted by molar-refractivity contribution is 7.98. The Balaban J connectivity index is 2.19. The van der Waals surface area contributed by atoms with Crippen LogP contribution in [0.2, 0.25) is 0 Å². The van der Waals surface area contributed by atoms with E-state index in [2.05, 4.69) is 0 Å². The van der Waals surface area contributed by atoms with Gasteiger partial charge in [-0.15, -0.1) is 11.8 Å². The van der Waals surface area contributed by atoms with Crippen molar-refractivity contribution in [3.05, 3.63) is 57.6 Å². The largest absolute Gasteiger partial charge is 0.493 e. The summed E-state index contributed by atoms with van der Waals surface area (Å²) in [7, 11) is 3.01. The van der Waals surface area contributed by atoms with Gasteiger partial charge < -0.3 is 14.2 Å². The maximum absolute atomic E-state index is 12.2. The van der Waals surface area contributed by atoms with E-state index < -0.39 is 10.9 Å². The topological polar surface area (TPSA) is 87.9 Å². The smallest absolute Gasteiger partial charge is 0.338 e. The summed E-state index contributed by atoms with van der Waals surface area (Å²) in [6.07, 6.45) is 1.73. The standard InChI is InChI=1S/C17H17NO6S/c1-22-14-6-4-5-12(16(14)23-2)10-24-17(19)11-7-8-15(25-3)13(9-11)18(20)21/h4-9H,10H2,1-3H3. The molecular formula is C17H17NO6S. The van der Waals surface area contributed by atoms with E-state index in [0.29, 0.717) is 22.0 Å². The minimum atomic E-state index is -0.652. The van der Waals surface area contributed by atoms with Gasteiger partial charge in [0.2, 0.25) is 0 Å². The van der Waals surface area contributed by atoms with Crippen LogP contribution in [-0.2, 0) is 11.3 Å². The molecule has 0 aliphatic carbocycles. The van der Waals surface area contributed by atoms with Crippen LogP contribution in [0, 0.1) is 10.1 Å². The summed E-state index contributed by atoms with van der Waals surface area (Å²) >= 11 is 1.24. The zero-order valence-electron chi connectivity index (χ0n) is 14.0. The summed E-state index contributed by atoms with van der Waals surface area (Å²) < 4.78 is 15.7. The normalized spacial score (nSPS) is 10.2. The second kappa shape index (κ2) is 8.39. The van der Waals surface area contributed by atoms with E-state index in [-0.39, 0.29) is 17.9 Å². The van der Waals surface area contributed by atoms with Gasteiger partial charge >= 0.3 is 5.97 Å². The number of methoxy groups -OCH3 is 2. The molecule has 0 fully saturated rings. The van der Waals surface area contributed by atoms with E-state index in [1.807, 2.05) is 0 Å². The number of hydrogen-bond acceptors (Lipinski definition) is 7. The third-order valence-electron chi connectivity index (χ3n) is 3.45. The number of benzene rings is 2. The Morgan fingerprint density at radius 3 is 2.56 bits per heavy atom. The number of carbonyl (C=O) groups excluding carboxylic acids is 1. The fourth-order valence-corrected chi connectivity index (χ4v) is 2.80. The highest BCUT2D eigenvalue weighted by Gasteiger charge is 2.18.